The van der Waals surface area contributed by atoms with E-state index in [1.165, 1.54) is 31.3 Å². The third kappa shape index (κ3) is 3.90. The molecule has 0 aliphatic heterocycles. The predicted molar refractivity (Wildman–Crippen MR) is 87.2 cm³/mol. The second kappa shape index (κ2) is 6.42. The summed E-state index contributed by atoms with van der Waals surface area (Å²) in [7, 11) is 0. The lowest BCUT2D eigenvalue weighted by Gasteiger charge is -2.09. The van der Waals surface area contributed by atoms with Crippen molar-refractivity contribution in [1.82, 2.24) is 9.97 Å². The number of ether oxygens (including phenoxy) is 1. The molecule has 1 aliphatic carbocycles. The lowest BCUT2D eigenvalue weighted by molar-refractivity contribution is 0.102. The van der Waals surface area contributed by atoms with Crippen molar-refractivity contribution in [3.63, 3.8) is 0 Å². The van der Waals surface area contributed by atoms with Crippen LogP contribution in [-0.4, -0.2) is 22.5 Å². The van der Waals surface area contributed by atoms with Crippen molar-refractivity contribution in [2.45, 2.75) is 19.8 Å². The van der Waals surface area contributed by atoms with Crippen LogP contribution in [0.2, 0.25) is 5.02 Å². The van der Waals surface area contributed by atoms with E-state index in [-0.39, 0.29) is 11.5 Å². The number of amides is 1. The maximum Gasteiger partial charge on any atom is 0.257 e. The lowest BCUT2D eigenvalue weighted by atomic mass is 10.2. The summed E-state index contributed by atoms with van der Waals surface area (Å²) in [6.07, 6.45) is 5.21. The number of hydrogen-bond acceptors (Lipinski definition) is 4. The van der Waals surface area contributed by atoms with Crippen LogP contribution in [0.3, 0.4) is 0 Å². The number of aromatic amines is 1. The fourth-order valence-electron chi connectivity index (χ4n) is 2.01. The number of aromatic nitrogens is 2. The molecule has 2 N–H and O–H groups in total. The zero-order valence-corrected chi connectivity index (χ0v) is 13.3. The summed E-state index contributed by atoms with van der Waals surface area (Å²) in [6, 6.07) is 3.11. The summed E-state index contributed by atoms with van der Waals surface area (Å²) < 4.78 is 5.53. The molecule has 7 heteroatoms. The van der Waals surface area contributed by atoms with E-state index in [9.17, 15) is 9.59 Å². The summed E-state index contributed by atoms with van der Waals surface area (Å²) in [6.45, 7) is 2.27. The Labute approximate surface area is 137 Å². The molecule has 2 aromatic rings. The molecule has 1 aliphatic rings. The number of carbonyl (C=O) groups excluding carboxylic acids is 1. The van der Waals surface area contributed by atoms with Crippen LogP contribution in [0.5, 0.6) is 5.88 Å². The van der Waals surface area contributed by atoms with Gasteiger partial charge in [0.25, 0.3) is 11.5 Å². The highest BCUT2D eigenvalue weighted by Gasteiger charge is 2.22. The van der Waals surface area contributed by atoms with Gasteiger partial charge < -0.3 is 15.0 Å². The minimum absolute atomic E-state index is 0.190. The summed E-state index contributed by atoms with van der Waals surface area (Å²) in [4.78, 5) is 30.2. The SMILES string of the molecule is Cc1cc(NC(=O)c2cnc(OCC3CC3)c(Cl)c2)c[nH]c1=O. The van der Waals surface area contributed by atoms with E-state index in [4.69, 9.17) is 16.3 Å². The van der Waals surface area contributed by atoms with Crippen molar-refractivity contribution < 1.29 is 9.53 Å². The minimum Gasteiger partial charge on any atom is -0.476 e. The zero-order valence-electron chi connectivity index (χ0n) is 12.6. The molecule has 6 nitrogen and oxygen atoms in total. The Morgan fingerprint density at radius 3 is 2.91 bits per heavy atom. The van der Waals surface area contributed by atoms with Gasteiger partial charge in [-0.2, -0.15) is 0 Å². The maximum absolute atomic E-state index is 12.2. The monoisotopic (exact) mass is 333 g/mol. The molecule has 1 fully saturated rings. The summed E-state index contributed by atoms with van der Waals surface area (Å²) in [5.41, 5.74) is 1.14. The normalized spacial score (nSPS) is 13.7. The van der Waals surface area contributed by atoms with E-state index in [1.807, 2.05) is 0 Å². The van der Waals surface area contributed by atoms with Crippen LogP contribution >= 0.6 is 11.6 Å². The van der Waals surface area contributed by atoms with Crippen LogP contribution in [0.4, 0.5) is 5.69 Å². The van der Waals surface area contributed by atoms with E-state index >= 15 is 0 Å². The van der Waals surface area contributed by atoms with Crippen molar-refractivity contribution >= 4 is 23.2 Å². The highest BCUT2D eigenvalue weighted by molar-refractivity contribution is 6.32. The Kier molecular flexibility index (Phi) is 4.34. The summed E-state index contributed by atoms with van der Waals surface area (Å²) >= 11 is 6.11. The molecule has 2 heterocycles. The number of H-pyrrole nitrogens is 1. The van der Waals surface area contributed by atoms with Crippen molar-refractivity contribution in [3.8, 4) is 5.88 Å². The molecule has 0 aromatic carbocycles. The Morgan fingerprint density at radius 1 is 1.48 bits per heavy atom. The topological polar surface area (TPSA) is 84.1 Å². The first kappa shape index (κ1) is 15.6. The smallest absolute Gasteiger partial charge is 0.257 e. The lowest BCUT2D eigenvalue weighted by Crippen LogP contribution is -2.15. The fraction of sp³-hybridized carbons (Fsp3) is 0.312. The molecule has 0 unspecified atom stereocenters. The largest absolute Gasteiger partial charge is 0.476 e. The van der Waals surface area contributed by atoms with Crippen LogP contribution in [0.15, 0.2) is 29.3 Å². The van der Waals surface area contributed by atoms with Crippen molar-refractivity contribution in [2.75, 3.05) is 11.9 Å². The standard InChI is InChI=1S/C16H16ClN3O3/c1-9-4-12(7-18-14(9)21)20-15(22)11-5-13(17)16(19-6-11)23-8-10-2-3-10/h4-7,10H,2-3,8H2,1H3,(H,18,21)(H,20,22). The first-order valence-electron chi connectivity index (χ1n) is 7.32. The van der Waals surface area contributed by atoms with E-state index in [1.54, 1.807) is 13.0 Å². The number of anilines is 1. The average Bonchev–Trinajstić information content (AvgIpc) is 3.34. The average molecular weight is 334 g/mol. The number of aryl methyl sites for hydroxylation is 1. The van der Waals surface area contributed by atoms with Crippen LogP contribution in [-0.2, 0) is 0 Å². The number of halogens is 1. The Morgan fingerprint density at radius 2 is 2.26 bits per heavy atom. The van der Waals surface area contributed by atoms with Gasteiger partial charge in [0.15, 0.2) is 0 Å². The van der Waals surface area contributed by atoms with Crippen LogP contribution in [0.1, 0.15) is 28.8 Å². The van der Waals surface area contributed by atoms with Gasteiger partial charge in [0.1, 0.15) is 5.02 Å². The molecule has 0 atom stereocenters. The van der Waals surface area contributed by atoms with Crippen LogP contribution in [0, 0.1) is 12.8 Å². The number of nitrogens with zero attached hydrogens (tertiary/aromatic N) is 1. The van der Waals surface area contributed by atoms with E-state index in [2.05, 4.69) is 15.3 Å². The number of nitrogens with one attached hydrogen (secondary N) is 2. The van der Waals surface area contributed by atoms with E-state index in [0.717, 1.165) is 0 Å². The zero-order chi connectivity index (χ0) is 16.4. The molecule has 1 saturated carbocycles. The van der Waals surface area contributed by atoms with Crippen molar-refractivity contribution in [1.29, 1.82) is 0 Å². The fourth-order valence-corrected chi connectivity index (χ4v) is 2.23. The predicted octanol–water partition coefficient (Wildman–Crippen LogP) is 2.77. The first-order valence-corrected chi connectivity index (χ1v) is 7.70. The third-order valence-electron chi connectivity index (χ3n) is 3.57. The number of hydrogen-bond donors (Lipinski definition) is 2. The molecule has 0 saturated heterocycles. The van der Waals surface area contributed by atoms with Gasteiger partial charge in [-0.1, -0.05) is 11.6 Å². The van der Waals surface area contributed by atoms with Crippen LogP contribution < -0.4 is 15.6 Å². The quantitative estimate of drug-likeness (QED) is 0.881. The molecule has 3 rings (SSSR count). The van der Waals surface area contributed by atoms with Gasteiger partial charge in [0.05, 0.1) is 17.9 Å². The number of pyridine rings is 2. The summed E-state index contributed by atoms with van der Waals surface area (Å²) in [5.74, 6) is 0.578. The van der Waals surface area contributed by atoms with Gasteiger partial charge in [-0.15, -0.1) is 0 Å². The molecular formula is C16H16ClN3O3. The minimum atomic E-state index is -0.361. The van der Waals surface area contributed by atoms with Gasteiger partial charge in [-0.25, -0.2) is 4.98 Å². The second-order valence-electron chi connectivity index (χ2n) is 5.62. The Balaban J connectivity index is 1.69. The molecule has 0 bridgehead atoms. The number of rotatable bonds is 5. The van der Waals surface area contributed by atoms with Crippen molar-refractivity contribution in [3.05, 3.63) is 51.0 Å². The van der Waals surface area contributed by atoms with Gasteiger partial charge in [-0.3, -0.25) is 9.59 Å². The van der Waals surface area contributed by atoms with Gasteiger partial charge in [0, 0.05) is 18.0 Å². The van der Waals surface area contributed by atoms with Gasteiger partial charge in [-0.05, 0) is 37.8 Å². The Bertz CT molecular complexity index is 799. The second-order valence-corrected chi connectivity index (χ2v) is 6.03. The molecule has 1 amide bonds. The van der Waals surface area contributed by atoms with Gasteiger partial charge >= 0.3 is 0 Å². The molecular weight excluding hydrogens is 318 g/mol. The molecule has 120 valence electrons. The number of carbonyl (C=O) groups is 1. The Hall–Kier alpha value is -2.34. The van der Waals surface area contributed by atoms with Crippen LogP contribution in [0.25, 0.3) is 0 Å². The maximum atomic E-state index is 12.2. The van der Waals surface area contributed by atoms with Crippen molar-refractivity contribution in [2.24, 2.45) is 5.92 Å². The molecule has 0 spiro atoms. The molecule has 0 radical (unpaired) electrons. The highest BCUT2D eigenvalue weighted by atomic mass is 35.5. The third-order valence-corrected chi connectivity index (χ3v) is 3.84. The first-order chi connectivity index (χ1) is 11.0. The summed E-state index contributed by atoms with van der Waals surface area (Å²) in [5, 5.41) is 2.99. The van der Waals surface area contributed by atoms with E-state index in [0.29, 0.717) is 40.2 Å². The molecule has 23 heavy (non-hydrogen) atoms. The molecule has 2 aromatic heterocycles. The van der Waals surface area contributed by atoms with E-state index < -0.39 is 0 Å². The highest BCUT2D eigenvalue weighted by Crippen LogP contribution is 2.31. The van der Waals surface area contributed by atoms with Gasteiger partial charge in [0.2, 0.25) is 5.88 Å².